The third-order valence-corrected chi connectivity index (χ3v) is 5.72. The van der Waals surface area contributed by atoms with Crippen LogP contribution in [0.1, 0.15) is 35.4 Å². The van der Waals surface area contributed by atoms with Crippen LogP contribution in [0.3, 0.4) is 0 Å². The average molecular weight is 350 g/mol. The number of thiophene rings is 1. The average Bonchev–Trinajstić information content (AvgIpc) is 3.32. The molecule has 0 unspecified atom stereocenters. The summed E-state index contributed by atoms with van der Waals surface area (Å²) >= 11 is 1.35. The van der Waals surface area contributed by atoms with E-state index in [9.17, 15) is 14.4 Å². The highest BCUT2D eigenvalue weighted by Crippen LogP contribution is 2.28. The number of hydrogen-bond donors (Lipinski definition) is 0. The van der Waals surface area contributed by atoms with E-state index in [0.29, 0.717) is 18.0 Å². The number of nitrogens with zero attached hydrogens (tertiary/aromatic N) is 2. The molecule has 0 spiro atoms. The molecule has 2 heterocycles. The SMILES string of the molecule is COC(=O)[C@@H]1CN(C(=O)C2CCCC2)CCN1C(=O)c1cccs1. The van der Waals surface area contributed by atoms with Gasteiger partial charge in [0.25, 0.3) is 5.91 Å². The summed E-state index contributed by atoms with van der Waals surface area (Å²) in [6, 6.07) is 2.83. The van der Waals surface area contributed by atoms with Gasteiger partial charge in [-0.15, -0.1) is 11.3 Å². The predicted molar refractivity (Wildman–Crippen MR) is 89.7 cm³/mol. The molecular weight excluding hydrogens is 328 g/mol. The molecule has 1 aliphatic heterocycles. The second-order valence-corrected chi connectivity index (χ2v) is 7.23. The Bertz CT molecular complexity index is 610. The highest BCUT2D eigenvalue weighted by atomic mass is 32.1. The second kappa shape index (κ2) is 7.34. The van der Waals surface area contributed by atoms with E-state index < -0.39 is 12.0 Å². The molecule has 2 aliphatic rings. The molecule has 7 heteroatoms. The lowest BCUT2D eigenvalue weighted by atomic mass is 10.0. The van der Waals surface area contributed by atoms with Gasteiger partial charge in [0, 0.05) is 19.0 Å². The lowest BCUT2D eigenvalue weighted by molar-refractivity contribution is -0.151. The molecule has 6 nitrogen and oxygen atoms in total. The molecule has 2 fully saturated rings. The zero-order valence-corrected chi connectivity index (χ0v) is 14.6. The van der Waals surface area contributed by atoms with Crippen LogP contribution in [0.4, 0.5) is 0 Å². The molecule has 1 aliphatic carbocycles. The number of methoxy groups -OCH3 is 1. The quantitative estimate of drug-likeness (QED) is 0.779. The van der Waals surface area contributed by atoms with Crippen molar-refractivity contribution in [3.63, 3.8) is 0 Å². The number of amides is 2. The largest absolute Gasteiger partial charge is 0.467 e. The Morgan fingerprint density at radius 1 is 1.21 bits per heavy atom. The number of rotatable bonds is 3. The van der Waals surface area contributed by atoms with Crippen molar-refractivity contribution in [3.8, 4) is 0 Å². The van der Waals surface area contributed by atoms with Crippen molar-refractivity contribution in [3.05, 3.63) is 22.4 Å². The Morgan fingerprint density at radius 3 is 2.58 bits per heavy atom. The van der Waals surface area contributed by atoms with Crippen LogP contribution in [0.2, 0.25) is 0 Å². The smallest absolute Gasteiger partial charge is 0.330 e. The summed E-state index contributed by atoms with van der Waals surface area (Å²) in [5, 5.41) is 1.83. The third-order valence-electron chi connectivity index (χ3n) is 4.86. The third kappa shape index (κ3) is 3.31. The molecule has 1 aromatic heterocycles. The molecule has 0 bridgehead atoms. The van der Waals surface area contributed by atoms with Crippen LogP contribution in [0.25, 0.3) is 0 Å². The molecule has 0 radical (unpaired) electrons. The maximum Gasteiger partial charge on any atom is 0.330 e. The Morgan fingerprint density at radius 2 is 1.96 bits per heavy atom. The van der Waals surface area contributed by atoms with Crippen molar-refractivity contribution in [2.45, 2.75) is 31.7 Å². The molecule has 0 aromatic carbocycles. The molecule has 1 saturated heterocycles. The Labute approximate surface area is 145 Å². The van der Waals surface area contributed by atoms with Crippen LogP contribution >= 0.6 is 11.3 Å². The number of ether oxygens (including phenoxy) is 1. The van der Waals surface area contributed by atoms with Crippen LogP contribution in [-0.4, -0.2) is 60.4 Å². The lowest BCUT2D eigenvalue weighted by Crippen LogP contribution is -2.60. The van der Waals surface area contributed by atoms with E-state index in [-0.39, 0.29) is 24.3 Å². The van der Waals surface area contributed by atoms with E-state index in [1.165, 1.54) is 23.3 Å². The highest BCUT2D eigenvalue weighted by Gasteiger charge is 2.39. The van der Waals surface area contributed by atoms with Gasteiger partial charge in [0.15, 0.2) is 0 Å². The zero-order chi connectivity index (χ0) is 17.1. The fourth-order valence-electron chi connectivity index (χ4n) is 3.54. The number of esters is 1. The van der Waals surface area contributed by atoms with Crippen LogP contribution in [-0.2, 0) is 14.3 Å². The standard InChI is InChI=1S/C17H22N2O4S/c1-23-17(22)13-11-18(15(20)12-5-2-3-6-12)8-9-19(13)16(21)14-7-4-10-24-14/h4,7,10,12-13H,2-3,5-6,8-9,11H2,1H3/t13-/m0/s1. The van der Waals surface area contributed by atoms with Crippen molar-refractivity contribution in [1.82, 2.24) is 9.80 Å². The van der Waals surface area contributed by atoms with E-state index in [1.807, 2.05) is 11.4 Å². The van der Waals surface area contributed by atoms with Gasteiger partial charge >= 0.3 is 5.97 Å². The Hall–Kier alpha value is -1.89. The second-order valence-electron chi connectivity index (χ2n) is 6.28. The fourth-order valence-corrected chi connectivity index (χ4v) is 4.22. The number of hydrogen-bond acceptors (Lipinski definition) is 5. The fraction of sp³-hybridized carbons (Fsp3) is 0.588. The monoisotopic (exact) mass is 350 g/mol. The topological polar surface area (TPSA) is 66.9 Å². The van der Waals surface area contributed by atoms with Gasteiger partial charge in [0.05, 0.1) is 18.5 Å². The number of carbonyl (C=O) groups excluding carboxylic acids is 3. The minimum atomic E-state index is -0.733. The van der Waals surface area contributed by atoms with Crippen molar-refractivity contribution >= 4 is 29.1 Å². The van der Waals surface area contributed by atoms with Gasteiger partial charge in [-0.3, -0.25) is 9.59 Å². The van der Waals surface area contributed by atoms with E-state index in [4.69, 9.17) is 4.74 Å². The summed E-state index contributed by atoms with van der Waals surface area (Å²) < 4.78 is 4.87. The first-order valence-electron chi connectivity index (χ1n) is 8.33. The van der Waals surface area contributed by atoms with Crippen LogP contribution < -0.4 is 0 Å². The Balaban J connectivity index is 1.74. The number of piperazine rings is 1. The van der Waals surface area contributed by atoms with Gasteiger partial charge in [0.2, 0.25) is 5.91 Å². The summed E-state index contributed by atoms with van der Waals surface area (Å²) in [4.78, 5) is 41.3. The van der Waals surface area contributed by atoms with Gasteiger partial charge < -0.3 is 14.5 Å². The first-order chi connectivity index (χ1) is 11.6. The van der Waals surface area contributed by atoms with E-state index >= 15 is 0 Å². The van der Waals surface area contributed by atoms with Gasteiger partial charge in [-0.25, -0.2) is 4.79 Å². The van der Waals surface area contributed by atoms with Gasteiger partial charge in [-0.05, 0) is 24.3 Å². The zero-order valence-electron chi connectivity index (χ0n) is 13.8. The van der Waals surface area contributed by atoms with Crippen molar-refractivity contribution in [2.75, 3.05) is 26.7 Å². The lowest BCUT2D eigenvalue weighted by Gasteiger charge is -2.40. The molecule has 24 heavy (non-hydrogen) atoms. The van der Waals surface area contributed by atoms with Crippen LogP contribution in [0.15, 0.2) is 17.5 Å². The first kappa shape index (κ1) is 17.0. The molecular formula is C17H22N2O4S. The molecule has 1 saturated carbocycles. The molecule has 1 aromatic rings. The van der Waals surface area contributed by atoms with E-state index in [1.54, 1.807) is 11.0 Å². The molecule has 1 atom stereocenters. The normalized spacial score (nSPS) is 21.8. The predicted octanol–water partition coefficient (Wildman–Crippen LogP) is 1.76. The maximum atomic E-state index is 12.6. The molecule has 130 valence electrons. The Kier molecular flexibility index (Phi) is 5.18. The highest BCUT2D eigenvalue weighted by molar-refractivity contribution is 7.12. The molecule has 2 amide bonds. The summed E-state index contributed by atoms with van der Waals surface area (Å²) in [7, 11) is 1.31. The van der Waals surface area contributed by atoms with E-state index in [0.717, 1.165) is 25.7 Å². The van der Waals surface area contributed by atoms with Crippen molar-refractivity contribution < 1.29 is 19.1 Å². The van der Waals surface area contributed by atoms with Crippen molar-refractivity contribution in [1.29, 1.82) is 0 Å². The van der Waals surface area contributed by atoms with Gasteiger partial charge in [-0.2, -0.15) is 0 Å². The van der Waals surface area contributed by atoms with Gasteiger partial charge in [-0.1, -0.05) is 18.9 Å². The first-order valence-corrected chi connectivity index (χ1v) is 9.21. The van der Waals surface area contributed by atoms with E-state index in [2.05, 4.69) is 0 Å². The number of carbonyl (C=O) groups is 3. The molecule has 0 N–H and O–H groups in total. The van der Waals surface area contributed by atoms with Crippen molar-refractivity contribution in [2.24, 2.45) is 5.92 Å². The summed E-state index contributed by atoms with van der Waals surface area (Å²) in [5.74, 6) is -0.454. The summed E-state index contributed by atoms with van der Waals surface area (Å²) in [6.07, 6.45) is 4.04. The molecule has 3 rings (SSSR count). The minimum Gasteiger partial charge on any atom is -0.467 e. The van der Waals surface area contributed by atoms with Crippen LogP contribution in [0, 0.1) is 5.92 Å². The van der Waals surface area contributed by atoms with Gasteiger partial charge in [0.1, 0.15) is 6.04 Å². The minimum absolute atomic E-state index is 0.0721. The summed E-state index contributed by atoms with van der Waals surface area (Å²) in [5.41, 5.74) is 0. The maximum absolute atomic E-state index is 12.6. The summed E-state index contributed by atoms with van der Waals surface area (Å²) in [6.45, 7) is 1.05. The van der Waals surface area contributed by atoms with Crippen LogP contribution in [0.5, 0.6) is 0 Å².